The van der Waals surface area contributed by atoms with E-state index in [0.29, 0.717) is 10.6 Å². The molecule has 0 radical (unpaired) electrons. The second-order valence-electron chi connectivity index (χ2n) is 3.67. The van der Waals surface area contributed by atoms with E-state index in [9.17, 15) is 8.78 Å². The van der Waals surface area contributed by atoms with Gasteiger partial charge in [0.1, 0.15) is 6.07 Å². The van der Waals surface area contributed by atoms with E-state index in [-0.39, 0.29) is 16.3 Å². The summed E-state index contributed by atoms with van der Waals surface area (Å²) in [4.78, 5) is 3.78. The Kier molecular flexibility index (Phi) is 3.98. The number of pyridine rings is 1. The summed E-state index contributed by atoms with van der Waals surface area (Å²) in [5.74, 6) is 0. The molecule has 0 saturated carbocycles. The van der Waals surface area contributed by atoms with E-state index in [2.05, 4.69) is 4.98 Å². The van der Waals surface area contributed by atoms with Crippen molar-refractivity contribution in [3.8, 4) is 17.2 Å². The number of benzene rings is 1. The first-order valence-electron chi connectivity index (χ1n) is 5.17. The van der Waals surface area contributed by atoms with Crippen molar-refractivity contribution in [2.24, 2.45) is 0 Å². The fraction of sp³-hybridized carbons (Fsp3) is 0.0769. The molecule has 0 atom stereocenters. The van der Waals surface area contributed by atoms with Crippen LogP contribution in [0.4, 0.5) is 8.78 Å². The molecule has 0 unspecified atom stereocenters. The third-order valence-electron chi connectivity index (χ3n) is 2.52. The fourth-order valence-corrected chi connectivity index (χ4v) is 2.14. The van der Waals surface area contributed by atoms with Gasteiger partial charge in [-0.1, -0.05) is 35.3 Å². The summed E-state index contributed by atoms with van der Waals surface area (Å²) in [7, 11) is 0. The maximum Gasteiger partial charge on any atom is 0.266 e. The zero-order valence-corrected chi connectivity index (χ0v) is 10.9. The Morgan fingerprint density at radius 1 is 1.26 bits per heavy atom. The van der Waals surface area contributed by atoms with Gasteiger partial charge in [-0.05, 0) is 17.7 Å². The third kappa shape index (κ3) is 2.67. The summed E-state index contributed by atoms with van der Waals surface area (Å²) in [5.41, 5.74) is 0.0152. The van der Waals surface area contributed by atoms with Crippen LogP contribution >= 0.6 is 23.2 Å². The Bertz CT molecular complexity index is 666. The highest BCUT2D eigenvalue weighted by atomic mass is 35.5. The molecule has 2 aromatic rings. The number of nitriles is 1. The van der Waals surface area contributed by atoms with Gasteiger partial charge >= 0.3 is 0 Å². The molecule has 2 rings (SSSR count). The van der Waals surface area contributed by atoms with Crippen LogP contribution < -0.4 is 0 Å². The second-order valence-corrected chi connectivity index (χ2v) is 4.49. The summed E-state index contributed by atoms with van der Waals surface area (Å²) >= 11 is 11.6. The zero-order valence-electron chi connectivity index (χ0n) is 9.37. The minimum Gasteiger partial charge on any atom is -0.243 e. The molecule has 0 aliphatic rings. The van der Waals surface area contributed by atoms with Crippen LogP contribution in [0, 0.1) is 11.3 Å². The molecule has 0 bridgehead atoms. The SMILES string of the molecule is N#Cc1ncc(-c2cccc(Cl)c2)c(C(F)F)c1Cl. The molecule has 0 aliphatic carbocycles. The lowest BCUT2D eigenvalue weighted by Crippen LogP contribution is -1.97. The van der Waals surface area contributed by atoms with Crippen molar-refractivity contribution in [3.05, 3.63) is 51.8 Å². The fourth-order valence-electron chi connectivity index (χ4n) is 1.68. The number of hydrogen-bond acceptors (Lipinski definition) is 2. The van der Waals surface area contributed by atoms with E-state index in [0.717, 1.165) is 0 Å². The van der Waals surface area contributed by atoms with E-state index in [4.69, 9.17) is 28.5 Å². The highest BCUT2D eigenvalue weighted by Gasteiger charge is 2.21. The molecular weight excluding hydrogens is 293 g/mol. The molecule has 0 spiro atoms. The van der Waals surface area contributed by atoms with Crippen LogP contribution in [0.1, 0.15) is 17.7 Å². The summed E-state index contributed by atoms with van der Waals surface area (Å²) in [6, 6.07) is 8.10. The van der Waals surface area contributed by atoms with Crippen LogP contribution in [0.2, 0.25) is 10.0 Å². The van der Waals surface area contributed by atoms with Gasteiger partial charge in [-0.3, -0.25) is 0 Å². The number of hydrogen-bond donors (Lipinski definition) is 0. The van der Waals surface area contributed by atoms with Crippen LogP contribution in [0.3, 0.4) is 0 Å². The predicted octanol–water partition coefficient (Wildman–Crippen LogP) is 4.86. The van der Waals surface area contributed by atoms with Crippen molar-refractivity contribution in [2.45, 2.75) is 6.43 Å². The molecule has 0 saturated heterocycles. The number of aromatic nitrogens is 1. The average molecular weight is 299 g/mol. The van der Waals surface area contributed by atoms with E-state index in [1.807, 2.05) is 0 Å². The van der Waals surface area contributed by atoms with E-state index >= 15 is 0 Å². The summed E-state index contributed by atoms with van der Waals surface area (Å²) in [5, 5.41) is 8.86. The molecule has 0 aliphatic heterocycles. The Hall–Kier alpha value is -1.70. The first-order valence-corrected chi connectivity index (χ1v) is 5.92. The van der Waals surface area contributed by atoms with E-state index in [1.54, 1.807) is 24.3 Å². The largest absolute Gasteiger partial charge is 0.266 e. The van der Waals surface area contributed by atoms with Gasteiger partial charge in [0.15, 0.2) is 5.69 Å². The topological polar surface area (TPSA) is 36.7 Å². The predicted molar refractivity (Wildman–Crippen MR) is 69.4 cm³/mol. The van der Waals surface area contributed by atoms with Gasteiger partial charge < -0.3 is 0 Å². The van der Waals surface area contributed by atoms with Crippen LogP contribution in [-0.4, -0.2) is 4.98 Å². The highest BCUT2D eigenvalue weighted by molar-refractivity contribution is 6.33. The molecule has 1 aromatic carbocycles. The minimum absolute atomic E-state index is 0.168. The molecule has 0 N–H and O–H groups in total. The Morgan fingerprint density at radius 2 is 2.00 bits per heavy atom. The van der Waals surface area contributed by atoms with Crippen molar-refractivity contribution in [2.75, 3.05) is 0 Å². The van der Waals surface area contributed by atoms with Gasteiger partial charge in [0.2, 0.25) is 0 Å². The maximum atomic E-state index is 13.1. The highest BCUT2D eigenvalue weighted by Crippen LogP contribution is 2.37. The van der Waals surface area contributed by atoms with Gasteiger partial charge in [-0.25, -0.2) is 13.8 Å². The number of alkyl halides is 2. The molecular formula is C13H6Cl2F2N2. The lowest BCUT2D eigenvalue weighted by Gasteiger charge is -2.11. The Morgan fingerprint density at radius 3 is 2.58 bits per heavy atom. The molecule has 2 nitrogen and oxygen atoms in total. The summed E-state index contributed by atoms with van der Waals surface area (Å²) < 4.78 is 26.3. The van der Waals surface area contributed by atoms with Gasteiger partial charge in [0, 0.05) is 22.3 Å². The van der Waals surface area contributed by atoms with Crippen LogP contribution in [0.25, 0.3) is 11.1 Å². The Balaban J connectivity index is 2.71. The normalized spacial score (nSPS) is 10.5. The summed E-state index contributed by atoms with van der Waals surface area (Å²) in [6.07, 6.45) is -1.60. The zero-order chi connectivity index (χ0) is 14.0. The standard InChI is InChI=1S/C13H6Cl2F2N2/c14-8-3-1-2-7(4-8)9-6-19-10(5-18)12(15)11(9)13(16)17/h1-4,6,13H. The van der Waals surface area contributed by atoms with Crippen molar-refractivity contribution >= 4 is 23.2 Å². The average Bonchev–Trinajstić information content (AvgIpc) is 2.37. The maximum absolute atomic E-state index is 13.1. The minimum atomic E-state index is -2.81. The smallest absolute Gasteiger partial charge is 0.243 e. The van der Waals surface area contributed by atoms with Gasteiger partial charge in [-0.2, -0.15) is 5.26 Å². The third-order valence-corrected chi connectivity index (χ3v) is 3.13. The van der Waals surface area contributed by atoms with Crippen LogP contribution in [-0.2, 0) is 0 Å². The molecule has 19 heavy (non-hydrogen) atoms. The summed E-state index contributed by atoms with van der Waals surface area (Å²) in [6.45, 7) is 0. The molecule has 0 amide bonds. The van der Waals surface area contributed by atoms with Gasteiger partial charge in [-0.15, -0.1) is 0 Å². The molecule has 6 heteroatoms. The van der Waals surface area contributed by atoms with E-state index in [1.165, 1.54) is 12.3 Å². The number of rotatable bonds is 2. The lowest BCUT2D eigenvalue weighted by atomic mass is 10.0. The number of nitrogens with zero attached hydrogens (tertiary/aromatic N) is 2. The number of halogens is 4. The van der Waals surface area contributed by atoms with Crippen LogP contribution in [0.5, 0.6) is 0 Å². The van der Waals surface area contributed by atoms with Crippen molar-refractivity contribution in [1.29, 1.82) is 5.26 Å². The molecule has 1 heterocycles. The second kappa shape index (κ2) is 5.52. The quantitative estimate of drug-likeness (QED) is 0.793. The van der Waals surface area contributed by atoms with E-state index < -0.39 is 12.0 Å². The Labute approximate surface area is 118 Å². The first-order chi connectivity index (χ1) is 9.04. The monoisotopic (exact) mass is 298 g/mol. The van der Waals surface area contributed by atoms with Gasteiger partial charge in [0.05, 0.1) is 5.02 Å². The van der Waals surface area contributed by atoms with Gasteiger partial charge in [0.25, 0.3) is 6.43 Å². The molecule has 1 aromatic heterocycles. The van der Waals surface area contributed by atoms with Crippen molar-refractivity contribution < 1.29 is 8.78 Å². The van der Waals surface area contributed by atoms with Crippen molar-refractivity contribution in [3.63, 3.8) is 0 Å². The van der Waals surface area contributed by atoms with Crippen LogP contribution in [0.15, 0.2) is 30.5 Å². The molecule has 96 valence electrons. The molecule has 0 fully saturated rings. The lowest BCUT2D eigenvalue weighted by molar-refractivity contribution is 0.152. The van der Waals surface area contributed by atoms with Crippen molar-refractivity contribution in [1.82, 2.24) is 4.98 Å². The first kappa shape index (κ1) is 13.7.